The molecule has 2 N–H and O–H groups in total. The molecular weight excluding hydrogens is 422 g/mol. The summed E-state index contributed by atoms with van der Waals surface area (Å²) < 4.78 is 2.26. The number of fused-ring (bicyclic) bond motifs is 1. The number of carbonyl (C=O) groups is 2. The van der Waals surface area contributed by atoms with E-state index in [0.29, 0.717) is 18.2 Å². The Kier molecular flexibility index (Phi) is 7.22. The van der Waals surface area contributed by atoms with Crippen molar-refractivity contribution in [1.29, 1.82) is 0 Å². The van der Waals surface area contributed by atoms with Crippen LogP contribution in [0.4, 0.5) is 0 Å². The molecule has 1 aliphatic heterocycles. The van der Waals surface area contributed by atoms with Gasteiger partial charge in [0.1, 0.15) is 0 Å². The largest absolute Gasteiger partial charge is 0.374 e. The zero-order valence-corrected chi connectivity index (χ0v) is 21.2. The van der Waals surface area contributed by atoms with E-state index in [1.807, 2.05) is 6.92 Å². The van der Waals surface area contributed by atoms with E-state index >= 15 is 0 Å². The maximum atomic E-state index is 13.7. The number of aromatic nitrogens is 1. The zero-order chi connectivity index (χ0) is 24.4. The molecule has 0 saturated heterocycles. The third kappa shape index (κ3) is 4.80. The molecule has 2 aromatic rings. The van der Waals surface area contributed by atoms with Gasteiger partial charge in [0.25, 0.3) is 0 Å². The number of carbonyl (C=O) groups excluding carboxylic acids is 2. The number of allylic oxidation sites excluding steroid dienone is 4. The number of nitrogens with zero attached hydrogens (tertiary/aromatic N) is 1. The van der Waals surface area contributed by atoms with Crippen LogP contribution in [0.1, 0.15) is 80.9 Å². The Morgan fingerprint density at radius 3 is 2.71 bits per heavy atom. The molecule has 1 aliphatic carbocycles. The number of hydrogen-bond donors (Lipinski definition) is 2. The van der Waals surface area contributed by atoms with Gasteiger partial charge in [-0.05, 0) is 81.5 Å². The summed E-state index contributed by atoms with van der Waals surface area (Å²) in [6.07, 6.45) is 9.64. The van der Waals surface area contributed by atoms with E-state index in [1.54, 1.807) is 0 Å². The molecule has 1 aromatic carbocycles. The van der Waals surface area contributed by atoms with Gasteiger partial charge in [-0.3, -0.25) is 9.59 Å². The SMILES string of the molecule is CCCC1=C(NCC(=O)c2cc(C3=CCNCC3)cc3c2c(C)cn3C(C)C)C(=O)CC(C)=C1. The van der Waals surface area contributed by atoms with Crippen LogP contribution in [0.5, 0.6) is 0 Å². The molecule has 180 valence electrons. The fourth-order valence-corrected chi connectivity index (χ4v) is 5.19. The molecule has 5 nitrogen and oxygen atoms in total. The molecular formula is C29H37N3O2. The van der Waals surface area contributed by atoms with Crippen LogP contribution in [0.25, 0.3) is 16.5 Å². The third-order valence-electron chi connectivity index (χ3n) is 6.82. The lowest BCUT2D eigenvalue weighted by Crippen LogP contribution is -2.29. The summed E-state index contributed by atoms with van der Waals surface area (Å²) in [5.41, 5.74) is 8.07. The van der Waals surface area contributed by atoms with Gasteiger partial charge in [0.15, 0.2) is 11.6 Å². The molecule has 0 amide bonds. The van der Waals surface area contributed by atoms with Crippen molar-refractivity contribution < 1.29 is 9.59 Å². The van der Waals surface area contributed by atoms with E-state index < -0.39 is 0 Å². The minimum atomic E-state index is 0.0217. The molecule has 0 saturated carbocycles. The van der Waals surface area contributed by atoms with Gasteiger partial charge in [-0.25, -0.2) is 0 Å². The van der Waals surface area contributed by atoms with Crippen LogP contribution >= 0.6 is 0 Å². The highest BCUT2D eigenvalue weighted by molar-refractivity contribution is 6.11. The first-order chi connectivity index (χ1) is 16.3. The maximum Gasteiger partial charge on any atom is 0.182 e. The monoisotopic (exact) mass is 459 g/mol. The van der Waals surface area contributed by atoms with E-state index in [4.69, 9.17) is 0 Å². The number of ketones is 2. The van der Waals surface area contributed by atoms with Crippen molar-refractivity contribution in [2.45, 2.75) is 66.3 Å². The van der Waals surface area contributed by atoms with E-state index in [0.717, 1.165) is 71.1 Å². The number of rotatable bonds is 8. The fraction of sp³-hybridized carbons (Fsp3) is 0.448. The lowest BCUT2D eigenvalue weighted by Gasteiger charge is -2.20. The first-order valence-electron chi connectivity index (χ1n) is 12.6. The molecule has 4 rings (SSSR count). The van der Waals surface area contributed by atoms with Crippen molar-refractivity contribution in [1.82, 2.24) is 15.2 Å². The average Bonchev–Trinajstić information content (AvgIpc) is 3.15. The van der Waals surface area contributed by atoms with Gasteiger partial charge < -0.3 is 15.2 Å². The molecule has 34 heavy (non-hydrogen) atoms. The lowest BCUT2D eigenvalue weighted by atomic mass is 9.92. The van der Waals surface area contributed by atoms with Gasteiger partial charge in [-0.1, -0.05) is 31.1 Å². The first kappa shape index (κ1) is 24.2. The minimum Gasteiger partial charge on any atom is -0.374 e. The van der Waals surface area contributed by atoms with Gasteiger partial charge in [-0.15, -0.1) is 0 Å². The Morgan fingerprint density at radius 2 is 2.03 bits per heavy atom. The predicted molar refractivity (Wildman–Crippen MR) is 140 cm³/mol. The van der Waals surface area contributed by atoms with Crippen molar-refractivity contribution >= 4 is 28.0 Å². The van der Waals surface area contributed by atoms with Crippen LogP contribution in [0.3, 0.4) is 0 Å². The molecule has 0 atom stereocenters. The van der Waals surface area contributed by atoms with Crippen LogP contribution in [0.2, 0.25) is 0 Å². The maximum absolute atomic E-state index is 13.7. The van der Waals surface area contributed by atoms with Crippen LogP contribution in [0.15, 0.2) is 47.3 Å². The highest BCUT2D eigenvalue weighted by Crippen LogP contribution is 2.33. The summed E-state index contributed by atoms with van der Waals surface area (Å²) in [7, 11) is 0. The Bertz CT molecular complexity index is 1220. The number of aryl methyl sites for hydroxylation is 1. The summed E-state index contributed by atoms with van der Waals surface area (Å²) in [4.78, 5) is 26.4. The molecule has 0 fully saturated rings. The van der Waals surface area contributed by atoms with Crippen LogP contribution in [0, 0.1) is 6.92 Å². The first-order valence-corrected chi connectivity index (χ1v) is 12.6. The number of hydrogen-bond acceptors (Lipinski definition) is 4. The Morgan fingerprint density at radius 1 is 1.24 bits per heavy atom. The smallest absolute Gasteiger partial charge is 0.182 e. The van der Waals surface area contributed by atoms with Gasteiger partial charge in [-0.2, -0.15) is 0 Å². The second-order valence-electron chi connectivity index (χ2n) is 9.93. The van der Waals surface area contributed by atoms with E-state index in [2.05, 4.69) is 73.4 Å². The van der Waals surface area contributed by atoms with Crippen molar-refractivity contribution in [3.8, 4) is 0 Å². The van der Waals surface area contributed by atoms with Crippen molar-refractivity contribution in [3.05, 3.63) is 64.0 Å². The summed E-state index contributed by atoms with van der Waals surface area (Å²) in [5.74, 6) is 0.102. The van der Waals surface area contributed by atoms with Gasteiger partial charge >= 0.3 is 0 Å². The second kappa shape index (κ2) is 10.1. The molecule has 0 radical (unpaired) electrons. The second-order valence-corrected chi connectivity index (χ2v) is 9.93. The number of nitrogens with one attached hydrogen (secondary N) is 2. The quantitative estimate of drug-likeness (QED) is 0.501. The average molecular weight is 460 g/mol. The van der Waals surface area contributed by atoms with E-state index in [-0.39, 0.29) is 18.1 Å². The highest BCUT2D eigenvalue weighted by atomic mass is 16.1. The lowest BCUT2D eigenvalue weighted by molar-refractivity contribution is -0.115. The summed E-state index contributed by atoms with van der Waals surface area (Å²) in [6, 6.07) is 4.60. The molecule has 0 spiro atoms. The van der Waals surface area contributed by atoms with Crippen LogP contribution < -0.4 is 10.6 Å². The molecule has 0 unspecified atom stereocenters. The number of Topliss-reactive ketones (excluding diaryl/α,β-unsaturated/α-hetero) is 2. The van der Waals surface area contributed by atoms with Crippen molar-refractivity contribution in [2.24, 2.45) is 0 Å². The van der Waals surface area contributed by atoms with Gasteiger partial charge in [0, 0.05) is 41.7 Å². The number of benzene rings is 1. The Labute approximate surface area is 203 Å². The Balaban J connectivity index is 1.74. The van der Waals surface area contributed by atoms with Gasteiger partial charge in [0.05, 0.1) is 12.2 Å². The van der Waals surface area contributed by atoms with Crippen molar-refractivity contribution in [3.63, 3.8) is 0 Å². The zero-order valence-electron chi connectivity index (χ0n) is 21.2. The third-order valence-corrected chi connectivity index (χ3v) is 6.82. The molecule has 1 aromatic heterocycles. The van der Waals surface area contributed by atoms with Crippen LogP contribution in [-0.4, -0.2) is 35.8 Å². The Hall–Kier alpha value is -2.92. The molecule has 2 heterocycles. The topological polar surface area (TPSA) is 63.1 Å². The van der Waals surface area contributed by atoms with Crippen molar-refractivity contribution in [2.75, 3.05) is 19.6 Å². The fourth-order valence-electron chi connectivity index (χ4n) is 5.19. The highest BCUT2D eigenvalue weighted by Gasteiger charge is 2.23. The summed E-state index contributed by atoms with van der Waals surface area (Å²) in [5, 5.41) is 7.63. The molecule has 0 bridgehead atoms. The standard InChI is InChI=1S/C29H37N3O2/c1-6-7-22-12-19(4)13-26(33)29(22)31-16-27(34)24-14-23(21-8-10-30-11-9-21)15-25-28(24)20(5)17-32(25)18(2)3/h8,12,14-15,17-18,30-31H,6-7,9-11,13,16H2,1-5H3. The van der Waals surface area contributed by atoms with Gasteiger partial charge in [0.2, 0.25) is 0 Å². The molecule has 5 heteroatoms. The van der Waals surface area contributed by atoms with E-state index in [1.165, 1.54) is 5.57 Å². The summed E-state index contributed by atoms with van der Waals surface area (Å²) >= 11 is 0. The van der Waals surface area contributed by atoms with E-state index in [9.17, 15) is 9.59 Å². The van der Waals surface area contributed by atoms with Crippen LogP contribution in [-0.2, 0) is 4.79 Å². The minimum absolute atomic E-state index is 0.0217. The normalized spacial score (nSPS) is 16.8. The predicted octanol–water partition coefficient (Wildman–Crippen LogP) is 5.65. The molecule has 2 aliphatic rings. The summed E-state index contributed by atoms with van der Waals surface area (Å²) in [6.45, 7) is 12.4.